The number of rotatable bonds is 6. The maximum atomic E-state index is 10.3. The number of aliphatic hydroxyl groups is 1. The molecule has 0 spiro atoms. The number of halogens is 1. The third kappa shape index (κ3) is 5.07. The molecule has 0 radical (unpaired) electrons. The summed E-state index contributed by atoms with van der Waals surface area (Å²) in [4.78, 5) is 8.95. The smallest absolute Gasteiger partial charge is 0.0978 e. The highest BCUT2D eigenvalue weighted by Gasteiger charge is 2.29. The highest BCUT2D eigenvalue weighted by atomic mass is 35.5. The van der Waals surface area contributed by atoms with E-state index in [-0.39, 0.29) is 6.10 Å². The molecule has 1 unspecified atom stereocenters. The first-order chi connectivity index (χ1) is 12.3. The van der Waals surface area contributed by atoms with Crippen LogP contribution in [-0.4, -0.2) is 15.1 Å². The summed E-state index contributed by atoms with van der Waals surface area (Å²) in [6, 6.07) is 3.95. The molecule has 4 nitrogen and oxygen atoms in total. The van der Waals surface area contributed by atoms with Crippen LogP contribution in [0.4, 0.5) is 0 Å². The Labute approximate surface area is 168 Å². The van der Waals surface area contributed by atoms with Gasteiger partial charge in [0.1, 0.15) is 0 Å². The second-order valence-corrected chi connectivity index (χ2v) is 8.90. The summed E-state index contributed by atoms with van der Waals surface area (Å²) in [6.45, 7) is 15.8. The summed E-state index contributed by atoms with van der Waals surface area (Å²) in [6.07, 6.45) is 3.22. The van der Waals surface area contributed by atoms with Crippen molar-refractivity contribution in [2.45, 2.75) is 78.6 Å². The van der Waals surface area contributed by atoms with Crippen LogP contribution in [-0.2, 0) is 15.9 Å². The molecule has 1 atom stereocenters. The molecule has 1 N–H and O–H groups in total. The van der Waals surface area contributed by atoms with Crippen molar-refractivity contribution in [1.82, 2.24) is 9.97 Å². The SMILES string of the molecule is Cc1cnc(C(C)C)cc1C(C)(C)OC(C)c1cc(C(C)(C)O)c(Cl)cn1. The second-order valence-electron chi connectivity index (χ2n) is 8.50. The van der Waals surface area contributed by atoms with Gasteiger partial charge in [-0.05, 0) is 70.7 Å². The average molecular weight is 391 g/mol. The van der Waals surface area contributed by atoms with Crippen LogP contribution in [0, 0.1) is 6.92 Å². The van der Waals surface area contributed by atoms with E-state index in [2.05, 4.69) is 50.7 Å². The Hall–Kier alpha value is -1.49. The fraction of sp³-hybridized carbons (Fsp3) is 0.545. The van der Waals surface area contributed by atoms with Crippen molar-refractivity contribution >= 4 is 11.6 Å². The molecule has 2 aromatic heterocycles. The van der Waals surface area contributed by atoms with Crippen molar-refractivity contribution in [2.75, 3.05) is 0 Å². The van der Waals surface area contributed by atoms with E-state index in [1.54, 1.807) is 20.0 Å². The molecule has 0 aliphatic heterocycles. The number of pyridine rings is 2. The van der Waals surface area contributed by atoms with Crippen molar-refractivity contribution < 1.29 is 9.84 Å². The van der Waals surface area contributed by atoms with E-state index in [4.69, 9.17) is 16.3 Å². The van der Waals surface area contributed by atoms with Crippen LogP contribution in [0.1, 0.15) is 88.6 Å². The lowest BCUT2D eigenvalue weighted by Gasteiger charge is -2.32. The Morgan fingerprint density at radius 3 is 2.07 bits per heavy atom. The summed E-state index contributed by atoms with van der Waals surface area (Å²) >= 11 is 6.21. The van der Waals surface area contributed by atoms with E-state index < -0.39 is 11.2 Å². The molecule has 0 bridgehead atoms. The van der Waals surface area contributed by atoms with Crippen molar-refractivity contribution in [1.29, 1.82) is 0 Å². The van der Waals surface area contributed by atoms with Gasteiger partial charge in [-0.25, -0.2) is 0 Å². The summed E-state index contributed by atoms with van der Waals surface area (Å²) < 4.78 is 6.42. The van der Waals surface area contributed by atoms with Gasteiger partial charge in [0, 0.05) is 23.7 Å². The van der Waals surface area contributed by atoms with E-state index in [1.165, 1.54) is 0 Å². The zero-order valence-corrected chi connectivity index (χ0v) is 18.3. The highest BCUT2D eigenvalue weighted by molar-refractivity contribution is 6.31. The van der Waals surface area contributed by atoms with Crippen LogP contribution < -0.4 is 0 Å². The van der Waals surface area contributed by atoms with E-state index in [9.17, 15) is 5.11 Å². The number of aromatic nitrogens is 2. The largest absolute Gasteiger partial charge is 0.386 e. The lowest BCUT2D eigenvalue weighted by Crippen LogP contribution is -2.26. The Bertz CT molecular complexity index is 810. The molecule has 27 heavy (non-hydrogen) atoms. The van der Waals surface area contributed by atoms with Crippen LogP contribution in [0.15, 0.2) is 24.5 Å². The molecule has 2 rings (SSSR count). The first-order valence-corrected chi connectivity index (χ1v) is 9.74. The molecule has 5 heteroatoms. The van der Waals surface area contributed by atoms with Gasteiger partial charge in [-0.15, -0.1) is 0 Å². The van der Waals surface area contributed by atoms with Gasteiger partial charge in [0.15, 0.2) is 0 Å². The molecule has 2 aromatic rings. The molecule has 0 aromatic carbocycles. The minimum absolute atomic E-state index is 0.270. The average Bonchev–Trinajstić information content (AvgIpc) is 2.53. The molecule has 0 amide bonds. The lowest BCUT2D eigenvalue weighted by atomic mass is 9.92. The summed E-state index contributed by atoms with van der Waals surface area (Å²) in [5.41, 5.74) is 3.07. The van der Waals surface area contributed by atoms with Crippen LogP contribution in [0.2, 0.25) is 5.02 Å². The quantitative estimate of drug-likeness (QED) is 0.676. The number of aryl methyl sites for hydroxylation is 1. The number of nitrogens with zero attached hydrogens (tertiary/aromatic N) is 2. The van der Waals surface area contributed by atoms with Crippen LogP contribution in [0.5, 0.6) is 0 Å². The highest BCUT2D eigenvalue weighted by Crippen LogP contribution is 2.35. The Kier molecular flexibility index (Phi) is 6.35. The first kappa shape index (κ1) is 21.8. The van der Waals surface area contributed by atoms with Gasteiger partial charge in [-0.3, -0.25) is 9.97 Å². The monoisotopic (exact) mass is 390 g/mol. The Balaban J connectivity index is 2.34. The van der Waals surface area contributed by atoms with Crippen molar-refractivity contribution in [3.05, 3.63) is 57.6 Å². The fourth-order valence-electron chi connectivity index (χ4n) is 3.22. The number of ether oxygens (including phenoxy) is 1. The van der Waals surface area contributed by atoms with Crippen LogP contribution in [0.3, 0.4) is 0 Å². The molecule has 0 aliphatic rings. The molecule has 2 heterocycles. The fourth-order valence-corrected chi connectivity index (χ4v) is 3.55. The van der Waals surface area contributed by atoms with Gasteiger partial charge >= 0.3 is 0 Å². The molecule has 0 saturated carbocycles. The third-order valence-corrected chi connectivity index (χ3v) is 5.09. The minimum Gasteiger partial charge on any atom is -0.386 e. The van der Waals surface area contributed by atoms with Gasteiger partial charge in [-0.1, -0.05) is 25.4 Å². The second kappa shape index (κ2) is 7.86. The molecular weight excluding hydrogens is 360 g/mol. The molecule has 148 valence electrons. The third-order valence-electron chi connectivity index (χ3n) is 4.79. The lowest BCUT2D eigenvalue weighted by molar-refractivity contribution is -0.0724. The van der Waals surface area contributed by atoms with E-state index in [1.807, 2.05) is 19.2 Å². The topological polar surface area (TPSA) is 55.2 Å². The maximum absolute atomic E-state index is 10.3. The standard InChI is InChI=1S/C22H31ClN2O2/c1-13(2)19-9-16(14(3)11-24-19)22(7,8)27-15(4)20-10-17(21(5,6)26)18(23)12-25-20/h9-13,15,26H,1-8H3. The number of hydrogen-bond acceptors (Lipinski definition) is 4. The van der Waals surface area contributed by atoms with Crippen molar-refractivity contribution in [2.24, 2.45) is 0 Å². The predicted octanol–water partition coefficient (Wildman–Crippen LogP) is 5.80. The molecular formula is C22H31ClN2O2. The number of hydrogen-bond donors (Lipinski definition) is 1. The van der Waals surface area contributed by atoms with Crippen molar-refractivity contribution in [3.63, 3.8) is 0 Å². The minimum atomic E-state index is -1.04. The maximum Gasteiger partial charge on any atom is 0.0978 e. The molecule has 0 saturated heterocycles. The summed E-state index contributed by atoms with van der Waals surface area (Å²) in [5.74, 6) is 0.352. The molecule has 0 aliphatic carbocycles. The van der Waals surface area contributed by atoms with E-state index in [0.717, 1.165) is 22.5 Å². The zero-order chi connectivity index (χ0) is 20.6. The summed E-state index contributed by atoms with van der Waals surface area (Å²) in [7, 11) is 0. The van der Waals surface area contributed by atoms with Gasteiger partial charge in [0.2, 0.25) is 0 Å². The van der Waals surface area contributed by atoms with Gasteiger partial charge in [0.05, 0.1) is 28.0 Å². The van der Waals surface area contributed by atoms with Crippen LogP contribution in [0.25, 0.3) is 0 Å². The molecule has 0 fully saturated rings. The van der Waals surface area contributed by atoms with Crippen LogP contribution >= 0.6 is 11.6 Å². The van der Waals surface area contributed by atoms with E-state index in [0.29, 0.717) is 16.5 Å². The van der Waals surface area contributed by atoms with Gasteiger partial charge < -0.3 is 9.84 Å². The van der Waals surface area contributed by atoms with Gasteiger partial charge in [0.25, 0.3) is 0 Å². The normalized spacial score (nSPS) is 13.9. The zero-order valence-electron chi connectivity index (χ0n) is 17.6. The Morgan fingerprint density at radius 1 is 0.963 bits per heavy atom. The Morgan fingerprint density at radius 2 is 1.52 bits per heavy atom. The predicted molar refractivity (Wildman–Crippen MR) is 110 cm³/mol. The first-order valence-electron chi connectivity index (χ1n) is 9.36. The van der Waals surface area contributed by atoms with E-state index >= 15 is 0 Å². The van der Waals surface area contributed by atoms with Crippen molar-refractivity contribution in [3.8, 4) is 0 Å². The van der Waals surface area contributed by atoms with Gasteiger partial charge in [-0.2, -0.15) is 0 Å². The summed E-state index contributed by atoms with van der Waals surface area (Å²) in [5, 5.41) is 10.8.